The highest BCUT2D eigenvalue weighted by Crippen LogP contribution is 2.33. The molecule has 1 aliphatic carbocycles. The number of aliphatic hydroxyl groups excluding tert-OH is 1. The Balaban J connectivity index is 1.49. The van der Waals surface area contributed by atoms with E-state index in [1.165, 1.54) is 6.21 Å². The van der Waals surface area contributed by atoms with Crippen molar-refractivity contribution in [3.05, 3.63) is 41.2 Å². The second kappa shape index (κ2) is 10.4. The predicted molar refractivity (Wildman–Crippen MR) is 116 cm³/mol. The van der Waals surface area contributed by atoms with Crippen LogP contribution in [0.25, 0.3) is 0 Å². The summed E-state index contributed by atoms with van der Waals surface area (Å²) in [6.07, 6.45) is 2.88. The standard InChI is InChI=1S/C23H31N3O4/c1-3-23(29)26-12-10-25(11-13-26)9-8-24-16-20-21(27)14-18(15-22(20)28)17-4-6-19(30-2)7-5-17/h4-7,16,18,27H,3,8-15H2,1-2H3. The predicted octanol–water partition coefficient (Wildman–Crippen LogP) is 2.58. The van der Waals surface area contributed by atoms with Crippen LogP contribution in [0.2, 0.25) is 0 Å². The maximum absolute atomic E-state index is 12.6. The molecule has 0 bridgehead atoms. The van der Waals surface area contributed by atoms with Crippen LogP contribution in [-0.4, -0.2) is 79.2 Å². The number of hydrogen-bond acceptors (Lipinski definition) is 6. The van der Waals surface area contributed by atoms with Crippen molar-refractivity contribution in [1.82, 2.24) is 9.80 Å². The second-order valence-corrected chi connectivity index (χ2v) is 7.77. The van der Waals surface area contributed by atoms with Gasteiger partial charge in [0.15, 0.2) is 5.78 Å². The highest BCUT2D eigenvalue weighted by Gasteiger charge is 2.27. The lowest BCUT2D eigenvalue weighted by Gasteiger charge is -2.34. The summed E-state index contributed by atoms with van der Waals surface area (Å²) in [5.41, 5.74) is 1.35. The van der Waals surface area contributed by atoms with Gasteiger partial charge < -0.3 is 14.7 Å². The van der Waals surface area contributed by atoms with Gasteiger partial charge in [0.1, 0.15) is 11.5 Å². The van der Waals surface area contributed by atoms with Crippen molar-refractivity contribution in [1.29, 1.82) is 0 Å². The summed E-state index contributed by atoms with van der Waals surface area (Å²) >= 11 is 0. The Morgan fingerprint density at radius 1 is 1.20 bits per heavy atom. The van der Waals surface area contributed by atoms with E-state index in [-0.39, 0.29) is 23.4 Å². The van der Waals surface area contributed by atoms with Gasteiger partial charge in [-0.15, -0.1) is 0 Å². The molecular formula is C23H31N3O4. The average Bonchev–Trinajstić information content (AvgIpc) is 2.78. The molecule has 0 spiro atoms. The van der Waals surface area contributed by atoms with Crippen molar-refractivity contribution in [3.63, 3.8) is 0 Å². The van der Waals surface area contributed by atoms with E-state index < -0.39 is 0 Å². The molecule has 1 unspecified atom stereocenters. The number of benzene rings is 1. The maximum atomic E-state index is 12.6. The van der Waals surface area contributed by atoms with E-state index in [4.69, 9.17) is 4.74 Å². The van der Waals surface area contributed by atoms with Crippen molar-refractivity contribution < 1.29 is 19.4 Å². The number of nitrogens with zero attached hydrogens (tertiary/aromatic N) is 3. The molecule has 30 heavy (non-hydrogen) atoms. The average molecular weight is 414 g/mol. The molecule has 1 saturated heterocycles. The third-order valence-electron chi connectivity index (χ3n) is 5.86. The number of aliphatic imine (C=N–C) groups is 1. The molecular weight excluding hydrogens is 382 g/mol. The van der Waals surface area contributed by atoms with Crippen molar-refractivity contribution >= 4 is 17.9 Å². The van der Waals surface area contributed by atoms with Gasteiger partial charge in [0, 0.05) is 58.2 Å². The van der Waals surface area contributed by atoms with Crippen LogP contribution < -0.4 is 4.74 Å². The van der Waals surface area contributed by atoms with Crippen LogP contribution >= 0.6 is 0 Å². The highest BCUT2D eigenvalue weighted by atomic mass is 16.5. The first kappa shape index (κ1) is 22.0. The number of piperazine rings is 1. The zero-order chi connectivity index (χ0) is 21.5. The number of Topliss-reactive ketones (excluding diaryl/α,β-unsaturated/α-hetero) is 1. The van der Waals surface area contributed by atoms with E-state index in [2.05, 4.69) is 9.89 Å². The van der Waals surface area contributed by atoms with Gasteiger partial charge >= 0.3 is 0 Å². The van der Waals surface area contributed by atoms with Gasteiger partial charge in [0.25, 0.3) is 0 Å². The Morgan fingerprint density at radius 3 is 2.50 bits per heavy atom. The molecule has 7 nitrogen and oxygen atoms in total. The lowest BCUT2D eigenvalue weighted by atomic mass is 9.83. The molecule has 1 N–H and O–H groups in total. The van der Waals surface area contributed by atoms with E-state index in [1.807, 2.05) is 36.1 Å². The molecule has 0 radical (unpaired) electrons. The topological polar surface area (TPSA) is 82.4 Å². The van der Waals surface area contributed by atoms with E-state index in [9.17, 15) is 14.7 Å². The first-order valence-corrected chi connectivity index (χ1v) is 10.6. The third kappa shape index (κ3) is 5.48. The van der Waals surface area contributed by atoms with E-state index in [0.29, 0.717) is 31.4 Å². The summed E-state index contributed by atoms with van der Waals surface area (Å²) in [6.45, 7) is 6.44. The largest absolute Gasteiger partial charge is 0.511 e. The smallest absolute Gasteiger partial charge is 0.222 e. The fourth-order valence-corrected chi connectivity index (χ4v) is 3.97. The number of amides is 1. The van der Waals surface area contributed by atoms with Gasteiger partial charge in [0.2, 0.25) is 5.91 Å². The Hall–Kier alpha value is -2.67. The number of methoxy groups -OCH3 is 1. The lowest BCUT2D eigenvalue weighted by molar-refractivity contribution is -0.132. The summed E-state index contributed by atoms with van der Waals surface area (Å²) in [7, 11) is 1.62. The number of hydrogen-bond donors (Lipinski definition) is 1. The van der Waals surface area contributed by atoms with E-state index >= 15 is 0 Å². The summed E-state index contributed by atoms with van der Waals surface area (Å²) < 4.78 is 5.17. The van der Waals surface area contributed by atoms with Crippen LogP contribution in [0.15, 0.2) is 40.6 Å². The monoisotopic (exact) mass is 413 g/mol. The molecule has 1 fully saturated rings. The second-order valence-electron chi connectivity index (χ2n) is 7.77. The first-order chi connectivity index (χ1) is 14.5. The zero-order valence-corrected chi connectivity index (χ0v) is 17.8. The minimum Gasteiger partial charge on any atom is -0.511 e. The van der Waals surface area contributed by atoms with Gasteiger partial charge in [-0.05, 0) is 23.6 Å². The van der Waals surface area contributed by atoms with Gasteiger partial charge in [0.05, 0.1) is 19.2 Å². The SMILES string of the molecule is CCC(=O)N1CCN(CCN=CC2=C(O)CC(c3ccc(OC)cc3)CC2=O)CC1. The van der Waals surface area contributed by atoms with Crippen molar-refractivity contribution in [2.45, 2.75) is 32.1 Å². The Bertz CT molecular complexity index is 808. The van der Waals surface area contributed by atoms with Gasteiger partial charge in [-0.1, -0.05) is 19.1 Å². The molecule has 1 aromatic rings. The fraction of sp³-hybridized carbons (Fsp3) is 0.522. The van der Waals surface area contributed by atoms with Crippen LogP contribution in [0.3, 0.4) is 0 Å². The summed E-state index contributed by atoms with van der Waals surface area (Å²) in [6, 6.07) is 7.62. The summed E-state index contributed by atoms with van der Waals surface area (Å²) in [5, 5.41) is 10.4. The molecule has 0 aromatic heterocycles. The summed E-state index contributed by atoms with van der Waals surface area (Å²) in [5.74, 6) is 0.992. The van der Waals surface area contributed by atoms with Gasteiger partial charge in [-0.3, -0.25) is 19.5 Å². The maximum Gasteiger partial charge on any atom is 0.222 e. The van der Waals surface area contributed by atoms with Crippen LogP contribution in [0.4, 0.5) is 0 Å². The molecule has 0 saturated carbocycles. The Labute approximate surface area is 178 Å². The molecule has 1 amide bonds. The molecule has 3 rings (SSSR count). The van der Waals surface area contributed by atoms with Gasteiger partial charge in [-0.2, -0.15) is 0 Å². The van der Waals surface area contributed by atoms with Crippen LogP contribution in [0.1, 0.15) is 37.7 Å². The molecule has 1 aromatic carbocycles. The molecule has 162 valence electrons. The number of ketones is 1. The minimum absolute atomic E-state index is 0.0253. The minimum atomic E-state index is -0.0741. The number of carbonyl (C=O) groups is 2. The number of allylic oxidation sites excluding steroid dienone is 2. The molecule has 2 aliphatic rings. The molecule has 1 aliphatic heterocycles. The Morgan fingerprint density at radius 2 is 1.90 bits per heavy atom. The lowest BCUT2D eigenvalue weighted by Crippen LogP contribution is -2.49. The number of rotatable bonds is 7. The van der Waals surface area contributed by atoms with Crippen molar-refractivity contribution in [2.24, 2.45) is 4.99 Å². The van der Waals surface area contributed by atoms with Gasteiger partial charge in [-0.25, -0.2) is 0 Å². The quantitative estimate of drug-likeness (QED) is 0.695. The summed E-state index contributed by atoms with van der Waals surface area (Å²) in [4.78, 5) is 32.8. The highest BCUT2D eigenvalue weighted by molar-refractivity contribution is 6.14. The van der Waals surface area contributed by atoms with Crippen molar-refractivity contribution in [3.8, 4) is 5.75 Å². The van der Waals surface area contributed by atoms with Crippen LogP contribution in [0.5, 0.6) is 5.75 Å². The Kier molecular flexibility index (Phi) is 7.63. The number of aliphatic hydroxyl groups is 1. The van der Waals surface area contributed by atoms with Crippen LogP contribution in [0, 0.1) is 0 Å². The number of carbonyl (C=O) groups excluding carboxylic acids is 2. The molecule has 7 heteroatoms. The zero-order valence-electron chi connectivity index (χ0n) is 17.8. The first-order valence-electron chi connectivity index (χ1n) is 10.6. The number of ether oxygens (including phenoxy) is 1. The molecule has 1 heterocycles. The molecule has 1 atom stereocenters. The van der Waals surface area contributed by atoms with E-state index in [1.54, 1.807) is 7.11 Å². The normalized spacial score (nSPS) is 20.8. The van der Waals surface area contributed by atoms with Crippen LogP contribution in [-0.2, 0) is 9.59 Å². The van der Waals surface area contributed by atoms with Crippen molar-refractivity contribution in [2.75, 3.05) is 46.4 Å². The fourth-order valence-electron chi connectivity index (χ4n) is 3.97. The van der Waals surface area contributed by atoms with E-state index in [0.717, 1.165) is 44.0 Å². The third-order valence-corrected chi connectivity index (χ3v) is 5.86.